The van der Waals surface area contributed by atoms with E-state index in [2.05, 4.69) is 21.2 Å². The van der Waals surface area contributed by atoms with E-state index in [0.717, 1.165) is 5.56 Å². The fourth-order valence-corrected chi connectivity index (χ4v) is 4.96. The minimum Gasteiger partial charge on any atom is -0.493 e. The number of aliphatic hydroxyl groups excluding tert-OH is 1. The number of urea groups is 1. The highest BCUT2D eigenvalue weighted by Crippen LogP contribution is 2.35. The number of nitrogens with one attached hydrogen (secondary N) is 3. The molecule has 0 saturated heterocycles. The summed E-state index contributed by atoms with van der Waals surface area (Å²) in [6.45, 7) is 3.81. The summed E-state index contributed by atoms with van der Waals surface area (Å²) in [4.78, 5) is 24.6. The summed E-state index contributed by atoms with van der Waals surface area (Å²) >= 11 is 12.2. The summed E-state index contributed by atoms with van der Waals surface area (Å²) in [7, 11) is 2.80. The third-order valence-corrected chi connectivity index (χ3v) is 7.28. The maximum absolute atomic E-state index is 12.4. The molecule has 12 nitrogen and oxygen atoms in total. The van der Waals surface area contributed by atoms with E-state index in [1.54, 1.807) is 68.4 Å². The van der Waals surface area contributed by atoms with Gasteiger partial charge in [-0.15, -0.1) is 0 Å². The minimum absolute atomic E-state index is 0.170. The van der Waals surface area contributed by atoms with Gasteiger partial charge in [-0.25, -0.2) is 9.59 Å². The molecule has 4 rings (SSSR count). The molecule has 1 heterocycles. The van der Waals surface area contributed by atoms with Crippen molar-refractivity contribution in [3.05, 3.63) is 92.6 Å². The van der Waals surface area contributed by atoms with Crippen LogP contribution >= 0.6 is 23.2 Å². The summed E-state index contributed by atoms with van der Waals surface area (Å²) in [5.41, 5.74) is 5.30. The average molecular weight is 674 g/mol. The standard InChI is InChI=1S/C32H34Cl2N4O8/c1-5-44-27-13-20(30-29(31(40)43-4)18(2)36-32(41)37-30)8-11-25(27)46-17-28(39)38-35-15-19-6-10-24(26(12-19)42-3)45-16-21-7-9-22(33)14-23(21)34/h6-15,28,30,38-39H,5,16-17H2,1-4H3,(H2,36,37,41)/b35-15-/t28-,30+/m0/s1. The number of aliphatic hydroxyl groups is 1. The van der Waals surface area contributed by atoms with Gasteiger partial charge in [0.1, 0.15) is 13.2 Å². The molecule has 244 valence electrons. The second-order valence-corrected chi connectivity index (χ2v) is 10.7. The van der Waals surface area contributed by atoms with Crippen molar-refractivity contribution < 1.29 is 38.4 Å². The Balaban J connectivity index is 1.36. The van der Waals surface area contributed by atoms with Crippen molar-refractivity contribution in [3.63, 3.8) is 0 Å². The Kier molecular flexibility index (Phi) is 12.0. The molecular weight excluding hydrogens is 639 g/mol. The monoisotopic (exact) mass is 672 g/mol. The van der Waals surface area contributed by atoms with Gasteiger partial charge >= 0.3 is 12.0 Å². The predicted molar refractivity (Wildman–Crippen MR) is 173 cm³/mol. The smallest absolute Gasteiger partial charge is 0.337 e. The van der Waals surface area contributed by atoms with E-state index in [1.165, 1.54) is 20.4 Å². The topological polar surface area (TPSA) is 149 Å². The van der Waals surface area contributed by atoms with E-state index < -0.39 is 24.3 Å². The van der Waals surface area contributed by atoms with Gasteiger partial charge in [0.05, 0.1) is 38.7 Å². The number of allylic oxidation sites excluding steroid dienone is 1. The molecule has 0 unspecified atom stereocenters. The average Bonchev–Trinajstić information content (AvgIpc) is 3.03. The normalized spacial score (nSPS) is 15.1. The van der Waals surface area contributed by atoms with Crippen molar-refractivity contribution >= 4 is 41.4 Å². The van der Waals surface area contributed by atoms with Crippen LogP contribution in [-0.2, 0) is 16.1 Å². The highest BCUT2D eigenvalue weighted by molar-refractivity contribution is 6.35. The molecule has 14 heteroatoms. The fraction of sp³-hybridized carbons (Fsp3) is 0.281. The number of carbonyl (C=O) groups is 2. The molecule has 3 aromatic carbocycles. The number of hydrazone groups is 1. The van der Waals surface area contributed by atoms with Crippen LogP contribution in [0.4, 0.5) is 4.79 Å². The van der Waals surface area contributed by atoms with Gasteiger partial charge in [0.25, 0.3) is 0 Å². The van der Waals surface area contributed by atoms with Crippen molar-refractivity contribution in [2.75, 3.05) is 27.4 Å². The van der Waals surface area contributed by atoms with Gasteiger partial charge in [0, 0.05) is 21.3 Å². The van der Waals surface area contributed by atoms with Gasteiger partial charge in [-0.2, -0.15) is 5.10 Å². The van der Waals surface area contributed by atoms with Crippen LogP contribution in [0.25, 0.3) is 0 Å². The Labute approximate surface area is 276 Å². The lowest BCUT2D eigenvalue weighted by Crippen LogP contribution is -2.45. The van der Waals surface area contributed by atoms with E-state index in [9.17, 15) is 14.7 Å². The lowest BCUT2D eigenvalue weighted by atomic mass is 9.95. The maximum atomic E-state index is 12.4. The van der Waals surface area contributed by atoms with Crippen LogP contribution in [0.3, 0.4) is 0 Å². The molecule has 0 fully saturated rings. The largest absolute Gasteiger partial charge is 0.493 e. The number of halogens is 2. The molecule has 0 spiro atoms. The number of nitrogens with zero attached hydrogens (tertiary/aromatic N) is 1. The molecule has 3 aromatic rings. The molecule has 0 bridgehead atoms. The van der Waals surface area contributed by atoms with E-state index >= 15 is 0 Å². The molecule has 46 heavy (non-hydrogen) atoms. The van der Waals surface area contributed by atoms with Gasteiger partial charge < -0.3 is 39.4 Å². The number of benzene rings is 3. The van der Waals surface area contributed by atoms with Crippen LogP contribution in [0.5, 0.6) is 23.0 Å². The van der Waals surface area contributed by atoms with Gasteiger partial charge in [0.2, 0.25) is 0 Å². The second kappa shape index (κ2) is 16.1. The first-order valence-electron chi connectivity index (χ1n) is 14.1. The fourth-order valence-electron chi connectivity index (χ4n) is 4.50. The Bertz CT molecular complexity index is 1630. The van der Waals surface area contributed by atoms with Gasteiger partial charge in [-0.3, -0.25) is 5.43 Å². The first-order chi connectivity index (χ1) is 22.1. The zero-order chi connectivity index (χ0) is 33.2. The van der Waals surface area contributed by atoms with Crippen LogP contribution in [0.1, 0.15) is 36.6 Å². The molecule has 1 aliphatic rings. The summed E-state index contributed by atoms with van der Waals surface area (Å²) in [6, 6.07) is 14.2. The number of methoxy groups -OCH3 is 2. The number of hydrogen-bond acceptors (Lipinski definition) is 10. The molecular formula is C32H34Cl2N4O8. The van der Waals surface area contributed by atoms with Crippen LogP contribution in [-0.4, -0.2) is 57.0 Å². The van der Waals surface area contributed by atoms with E-state index in [0.29, 0.717) is 56.5 Å². The Morgan fingerprint density at radius 2 is 1.78 bits per heavy atom. The molecule has 0 aliphatic carbocycles. The summed E-state index contributed by atoms with van der Waals surface area (Å²) in [5.74, 6) is 1.12. The van der Waals surface area contributed by atoms with E-state index in [4.69, 9.17) is 46.9 Å². The Hall–Kier alpha value is -4.65. The maximum Gasteiger partial charge on any atom is 0.337 e. The molecule has 0 saturated carbocycles. The number of amides is 2. The SMILES string of the molecule is CCOc1cc([C@H]2NC(=O)NC(C)=C2C(=O)OC)ccc1OC[C@H](O)N/N=C\c1ccc(OCc2ccc(Cl)cc2Cl)c(OC)c1. The highest BCUT2D eigenvalue weighted by atomic mass is 35.5. The summed E-state index contributed by atoms with van der Waals surface area (Å²) in [6.07, 6.45) is 0.340. The predicted octanol–water partition coefficient (Wildman–Crippen LogP) is 5.10. The highest BCUT2D eigenvalue weighted by Gasteiger charge is 2.32. The number of rotatable bonds is 14. The Morgan fingerprint density at radius 1 is 1.02 bits per heavy atom. The zero-order valence-electron chi connectivity index (χ0n) is 25.6. The van der Waals surface area contributed by atoms with Crippen LogP contribution < -0.4 is 35.0 Å². The van der Waals surface area contributed by atoms with Crippen molar-refractivity contribution in [1.29, 1.82) is 0 Å². The zero-order valence-corrected chi connectivity index (χ0v) is 27.1. The van der Waals surface area contributed by atoms with Crippen molar-refractivity contribution in [1.82, 2.24) is 16.1 Å². The molecule has 2 amide bonds. The van der Waals surface area contributed by atoms with E-state index in [1.807, 2.05) is 0 Å². The van der Waals surface area contributed by atoms with E-state index in [-0.39, 0.29) is 18.8 Å². The Morgan fingerprint density at radius 3 is 2.50 bits per heavy atom. The minimum atomic E-state index is -1.17. The third-order valence-electron chi connectivity index (χ3n) is 6.70. The van der Waals surface area contributed by atoms with Crippen molar-refractivity contribution in [2.45, 2.75) is 32.7 Å². The van der Waals surface area contributed by atoms with Crippen LogP contribution in [0.15, 0.2) is 71.0 Å². The first-order valence-corrected chi connectivity index (χ1v) is 14.9. The quantitative estimate of drug-likeness (QED) is 0.0794. The van der Waals surface area contributed by atoms with Crippen LogP contribution in [0, 0.1) is 0 Å². The number of esters is 1. The molecule has 2 atom stereocenters. The number of hydrogen-bond donors (Lipinski definition) is 4. The van der Waals surface area contributed by atoms with Crippen molar-refractivity contribution in [2.24, 2.45) is 5.10 Å². The number of ether oxygens (including phenoxy) is 5. The molecule has 1 aliphatic heterocycles. The van der Waals surface area contributed by atoms with Gasteiger partial charge in [0.15, 0.2) is 29.2 Å². The van der Waals surface area contributed by atoms with Crippen LogP contribution in [0.2, 0.25) is 10.0 Å². The molecule has 0 radical (unpaired) electrons. The number of carbonyl (C=O) groups excluding carboxylic acids is 2. The second-order valence-electron chi connectivity index (χ2n) is 9.85. The third kappa shape index (κ3) is 8.75. The first kappa shape index (κ1) is 34.2. The lowest BCUT2D eigenvalue weighted by Gasteiger charge is -2.28. The summed E-state index contributed by atoms with van der Waals surface area (Å²) in [5, 5.41) is 20.9. The summed E-state index contributed by atoms with van der Waals surface area (Å²) < 4.78 is 27.8. The lowest BCUT2D eigenvalue weighted by molar-refractivity contribution is -0.136. The van der Waals surface area contributed by atoms with Crippen molar-refractivity contribution in [3.8, 4) is 23.0 Å². The van der Waals surface area contributed by atoms with Gasteiger partial charge in [-0.1, -0.05) is 35.3 Å². The molecule has 0 aromatic heterocycles. The van der Waals surface area contributed by atoms with Gasteiger partial charge in [-0.05, 0) is 67.4 Å². The molecule has 4 N–H and O–H groups in total.